The number of hydrogen-bond donors (Lipinski definition) is 1. The topological polar surface area (TPSA) is 72.6 Å². The highest BCUT2D eigenvalue weighted by Crippen LogP contribution is 2.40. The van der Waals surface area contributed by atoms with Gasteiger partial charge in [0.15, 0.2) is 0 Å². The zero-order valence-corrected chi connectivity index (χ0v) is 18.8. The van der Waals surface area contributed by atoms with Gasteiger partial charge in [-0.25, -0.2) is 17.2 Å². The van der Waals surface area contributed by atoms with Crippen LogP contribution in [0.25, 0.3) is 11.1 Å². The summed E-state index contributed by atoms with van der Waals surface area (Å²) in [5.74, 6) is -1.24. The highest BCUT2D eigenvalue weighted by molar-refractivity contribution is 7.92. The summed E-state index contributed by atoms with van der Waals surface area (Å²) in [5.41, 5.74) is 3.86. The molecule has 0 fully saturated rings. The molecule has 2 N–H and O–H groups in total. The van der Waals surface area contributed by atoms with E-state index in [4.69, 9.17) is 10.5 Å². The van der Waals surface area contributed by atoms with Crippen molar-refractivity contribution in [1.82, 2.24) is 0 Å². The molecule has 0 saturated heterocycles. The van der Waals surface area contributed by atoms with E-state index in [2.05, 4.69) is 0 Å². The molecule has 0 aliphatic carbocycles. The minimum Gasteiger partial charge on any atom is -0.489 e. The van der Waals surface area contributed by atoms with Gasteiger partial charge in [0, 0.05) is 5.56 Å². The Morgan fingerprint density at radius 3 is 2.41 bits per heavy atom. The Balaban J connectivity index is 0.00000103. The molecule has 0 radical (unpaired) electrons. The van der Waals surface area contributed by atoms with E-state index in [1.165, 1.54) is 18.2 Å². The number of sulfonamides is 1. The molecule has 182 valence electrons. The SMILES string of the molecule is CCN.O=S(=O)(c1cccc(C(F)(F)F)c1)N1CCOc2ccc(-c3cc(F)ccc3F)cc21. The molecule has 0 bridgehead atoms. The molecule has 5 nitrogen and oxygen atoms in total. The van der Waals surface area contributed by atoms with Crippen molar-refractivity contribution in [1.29, 1.82) is 0 Å². The van der Waals surface area contributed by atoms with E-state index in [1.54, 1.807) is 0 Å². The lowest BCUT2D eigenvalue weighted by Crippen LogP contribution is -2.38. The fourth-order valence-electron chi connectivity index (χ4n) is 3.29. The van der Waals surface area contributed by atoms with Gasteiger partial charge in [0.2, 0.25) is 0 Å². The van der Waals surface area contributed by atoms with Crippen molar-refractivity contribution in [3.05, 3.63) is 77.9 Å². The normalized spacial score (nSPS) is 13.4. The summed E-state index contributed by atoms with van der Waals surface area (Å²) in [6.45, 7) is 2.46. The van der Waals surface area contributed by atoms with E-state index in [-0.39, 0.29) is 35.7 Å². The molecule has 1 heterocycles. The van der Waals surface area contributed by atoms with Crippen molar-refractivity contribution >= 4 is 15.7 Å². The lowest BCUT2D eigenvalue weighted by molar-refractivity contribution is -0.137. The first kappa shape index (κ1) is 25.4. The minimum atomic E-state index is -4.71. The molecule has 4 rings (SSSR count). The number of hydrogen-bond acceptors (Lipinski definition) is 4. The van der Waals surface area contributed by atoms with Crippen LogP contribution in [0.2, 0.25) is 0 Å². The Kier molecular flexibility index (Phi) is 7.47. The molecule has 1 aliphatic rings. The summed E-state index contributed by atoms with van der Waals surface area (Å²) >= 11 is 0. The van der Waals surface area contributed by atoms with Crippen LogP contribution in [0.4, 0.5) is 27.6 Å². The summed E-state index contributed by atoms with van der Waals surface area (Å²) in [5, 5.41) is 0. The molecule has 0 atom stereocenters. The van der Waals surface area contributed by atoms with Crippen LogP contribution in [0.3, 0.4) is 0 Å². The molecule has 0 aromatic heterocycles. The monoisotopic (exact) mass is 500 g/mol. The van der Waals surface area contributed by atoms with E-state index >= 15 is 0 Å². The second-order valence-electron chi connectivity index (χ2n) is 7.17. The van der Waals surface area contributed by atoms with E-state index < -0.39 is 38.3 Å². The first-order valence-electron chi connectivity index (χ1n) is 10.1. The number of anilines is 1. The summed E-state index contributed by atoms with van der Waals surface area (Å²) in [6, 6.07) is 10.4. The van der Waals surface area contributed by atoms with Crippen LogP contribution >= 0.6 is 0 Å². The fraction of sp³-hybridized carbons (Fsp3) is 0.217. The van der Waals surface area contributed by atoms with Gasteiger partial charge < -0.3 is 10.5 Å². The van der Waals surface area contributed by atoms with Crippen LogP contribution in [0.5, 0.6) is 5.75 Å². The summed E-state index contributed by atoms with van der Waals surface area (Å²) in [7, 11) is -4.39. The zero-order valence-electron chi connectivity index (χ0n) is 17.9. The average molecular weight is 500 g/mol. The summed E-state index contributed by atoms with van der Waals surface area (Å²) in [6.07, 6.45) is -4.71. The Morgan fingerprint density at radius 1 is 1.03 bits per heavy atom. The molecule has 3 aromatic rings. The number of benzene rings is 3. The Morgan fingerprint density at radius 2 is 1.74 bits per heavy atom. The predicted octanol–water partition coefficient (Wildman–Crippen LogP) is 5.20. The number of alkyl halides is 3. The van der Waals surface area contributed by atoms with Gasteiger partial charge in [-0.1, -0.05) is 19.1 Å². The van der Waals surface area contributed by atoms with Crippen molar-refractivity contribution in [3.8, 4) is 16.9 Å². The smallest absolute Gasteiger partial charge is 0.416 e. The van der Waals surface area contributed by atoms with E-state index in [1.807, 2.05) is 6.92 Å². The van der Waals surface area contributed by atoms with Crippen LogP contribution in [0.15, 0.2) is 65.6 Å². The molecule has 0 amide bonds. The van der Waals surface area contributed by atoms with Gasteiger partial charge in [-0.2, -0.15) is 13.2 Å². The molecular weight excluding hydrogens is 479 g/mol. The third-order valence-electron chi connectivity index (χ3n) is 4.77. The van der Waals surface area contributed by atoms with Crippen LogP contribution in [0, 0.1) is 11.6 Å². The third-order valence-corrected chi connectivity index (χ3v) is 6.58. The number of fused-ring (bicyclic) bond motifs is 1. The lowest BCUT2D eigenvalue weighted by atomic mass is 10.0. The molecular formula is C23H21F5N2O3S. The first-order valence-corrected chi connectivity index (χ1v) is 11.6. The maximum Gasteiger partial charge on any atom is 0.416 e. The molecule has 0 unspecified atom stereocenters. The zero-order chi connectivity index (χ0) is 25.1. The van der Waals surface area contributed by atoms with Crippen molar-refractivity contribution < 1.29 is 35.1 Å². The Labute approximate surface area is 193 Å². The highest BCUT2D eigenvalue weighted by Gasteiger charge is 2.35. The largest absolute Gasteiger partial charge is 0.489 e. The summed E-state index contributed by atoms with van der Waals surface area (Å²) in [4.78, 5) is -0.544. The van der Waals surface area contributed by atoms with Crippen LogP contribution in [-0.4, -0.2) is 28.1 Å². The molecule has 3 aromatic carbocycles. The van der Waals surface area contributed by atoms with Crippen LogP contribution in [0.1, 0.15) is 12.5 Å². The highest BCUT2D eigenvalue weighted by atomic mass is 32.2. The number of ether oxygens (including phenoxy) is 1. The maximum absolute atomic E-state index is 14.2. The van der Waals surface area contributed by atoms with E-state index in [0.29, 0.717) is 6.07 Å². The van der Waals surface area contributed by atoms with Crippen LogP contribution < -0.4 is 14.8 Å². The number of halogens is 5. The van der Waals surface area contributed by atoms with Gasteiger partial charge in [-0.05, 0) is 60.6 Å². The quantitative estimate of drug-likeness (QED) is 0.502. The second kappa shape index (κ2) is 9.98. The molecule has 1 aliphatic heterocycles. The van der Waals surface area contributed by atoms with Gasteiger partial charge in [0.05, 0.1) is 22.7 Å². The number of rotatable bonds is 3. The van der Waals surface area contributed by atoms with Crippen molar-refractivity contribution in [2.24, 2.45) is 5.73 Å². The van der Waals surface area contributed by atoms with Crippen molar-refractivity contribution in [3.63, 3.8) is 0 Å². The molecule has 11 heteroatoms. The van der Waals surface area contributed by atoms with Gasteiger partial charge in [-0.3, -0.25) is 4.31 Å². The van der Waals surface area contributed by atoms with Gasteiger partial charge in [0.25, 0.3) is 10.0 Å². The minimum absolute atomic E-state index is 0.0184. The summed E-state index contributed by atoms with van der Waals surface area (Å²) < 4.78 is 99.7. The molecule has 0 saturated carbocycles. The van der Waals surface area contributed by atoms with Gasteiger partial charge >= 0.3 is 6.18 Å². The Hall–Kier alpha value is -3.18. The molecule has 34 heavy (non-hydrogen) atoms. The number of nitrogens with zero attached hydrogens (tertiary/aromatic N) is 1. The average Bonchev–Trinajstić information content (AvgIpc) is 2.80. The standard InChI is InChI=1S/C21H14F5NO3S.C2H7N/c22-15-5-6-18(23)17(12-15)13-4-7-20-19(10-13)27(8-9-30-20)31(28,29)16-3-1-2-14(11-16)21(24,25)26;1-2-3/h1-7,10-12H,8-9H2;2-3H2,1H3. The maximum atomic E-state index is 14.2. The fourth-order valence-corrected chi connectivity index (χ4v) is 4.79. The van der Waals surface area contributed by atoms with E-state index in [9.17, 15) is 30.4 Å². The van der Waals surface area contributed by atoms with Crippen molar-refractivity contribution in [2.45, 2.75) is 18.0 Å². The first-order chi connectivity index (χ1) is 16.0. The Bertz CT molecular complexity index is 1280. The third kappa shape index (κ3) is 5.31. The van der Waals surface area contributed by atoms with Gasteiger partial charge in [0.1, 0.15) is 24.0 Å². The van der Waals surface area contributed by atoms with Crippen molar-refractivity contribution in [2.75, 3.05) is 24.0 Å². The van der Waals surface area contributed by atoms with Gasteiger partial charge in [-0.15, -0.1) is 0 Å². The van der Waals surface area contributed by atoms with Crippen LogP contribution in [-0.2, 0) is 16.2 Å². The second-order valence-corrected chi connectivity index (χ2v) is 9.03. The number of nitrogens with two attached hydrogens (primary N) is 1. The predicted molar refractivity (Wildman–Crippen MR) is 118 cm³/mol. The van der Waals surface area contributed by atoms with E-state index in [0.717, 1.165) is 47.2 Å². The lowest BCUT2D eigenvalue weighted by Gasteiger charge is -2.31. The molecule has 0 spiro atoms.